The molecule has 5 heteroatoms. The lowest BCUT2D eigenvalue weighted by Crippen LogP contribution is -2.20. The molecular weight excluding hydrogens is 302 g/mol. The van der Waals surface area contributed by atoms with Gasteiger partial charge in [0.15, 0.2) is 0 Å². The van der Waals surface area contributed by atoms with Crippen LogP contribution in [0.3, 0.4) is 0 Å². The van der Waals surface area contributed by atoms with Crippen LogP contribution in [0.2, 0.25) is 0 Å². The summed E-state index contributed by atoms with van der Waals surface area (Å²) in [6, 6.07) is 7.01. The number of benzene rings is 1. The fraction of sp³-hybridized carbons (Fsp3) is 0.417. The van der Waals surface area contributed by atoms with Crippen molar-refractivity contribution in [3.63, 3.8) is 0 Å². The minimum Gasteiger partial charge on any atom is -0.199 e. The van der Waals surface area contributed by atoms with E-state index in [0.29, 0.717) is 10.6 Å². The van der Waals surface area contributed by atoms with E-state index in [1.54, 1.807) is 12.1 Å². The Morgan fingerprint density at radius 1 is 1.35 bits per heavy atom. The highest BCUT2D eigenvalue weighted by molar-refractivity contribution is 9.09. The zero-order valence-corrected chi connectivity index (χ0v) is 12.1. The second-order valence-corrected chi connectivity index (χ2v) is 6.91. The summed E-state index contributed by atoms with van der Waals surface area (Å²) in [5.41, 5.74) is 1.42. The third kappa shape index (κ3) is 2.18. The van der Waals surface area contributed by atoms with Crippen LogP contribution in [0.5, 0.6) is 0 Å². The molecule has 0 saturated carbocycles. The van der Waals surface area contributed by atoms with Crippen LogP contribution in [0.25, 0.3) is 0 Å². The second-order valence-electron chi connectivity index (χ2n) is 4.16. The highest BCUT2D eigenvalue weighted by Gasteiger charge is 2.32. The predicted octanol–water partition coefficient (Wildman–Crippen LogP) is 2.99. The number of nitrogens with zero attached hydrogens (tertiary/aromatic N) is 1. The first-order chi connectivity index (χ1) is 7.97. The second kappa shape index (κ2) is 4.53. The summed E-state index contributed by atoms with van der Waals surface area (Å²) in [5, 5.41) is 0. The molecule has 2 atom stereocenters. The Kier molecular flexibility index (Phi) is 3.41. The van der Waals surface area contributed by atoms with E-state index in [4.69, 9.17) is 0 Å². The highest BCUT2D eigenvalue weighted by atomic mass is 79.9. The molecule has 17 heavy (non-hydrogen) atoms. The lowest BCUT2D eigenvalue weighted by molar-refractivity contribution is 0.599. The normalized spacial score (nSPS) is 20.5. The van der Waals surface area contributed by atoms with E-state index in [9.17, 15) is 8.42 Å². The van der Waals surface area contributed by atoms with Gasteiger partial charge < -0.3 is 0 Å². The van der Waals surface area contributed by atoms with E-state index in [1.165, 1.54) is 0 Å². The fourth-order valence-corrected chi connectivity index (χ4v) is 3.56. The molecule has 2 unspecified atom stereocenters. The number of alkyl halides is 1. The average Bonchev–Trinajstić information content (AvgIpc) is 2.60. The van der Waals surface area contributed by atoms with Crippen molar-refractivity contribution in [3.05, 3.63) is 29.8 Å². The molecule has 1 aliphatic rings. The molecule has 1 aromatic rings. The van der Waals surface area contributed by atoms with Crippen LogP contribution in [0, 0.1) is 5.92 Å². The van der Waals surface area contributed by atoms with E-state index in [1.807, 2.05) is 19.1 Å². The Labute approximate surface area is 110 Å². The fourth-order valence-electron chi connectivity index (χ4n) is 1.98. The van der Waals surface area contributed by atoms with E-state index >= 15 is 0 Å². The maximum absolute atomic E-state index is 11.9. The summed E-state index contributed by atoms with van der Waals surface area (Å²) < 4.78 is 27.7. The molecule has 1 heterocycles. The van der Waals surface area contributed by atoms with Crippen molar-refractivity contribution in [2.75, 3.05) is 0 Å². The summed E-state index contributed by atoms with van der Waals surface area (Å²) in [6.07, 6.45) is 0.933. The van der Waals surface area contributed by atoms with Gasteiger partial charge in [-0.05, 0) is 12.5 Å². The Morgan fingerprint density at radius 2 is 2.00 bits per heavy atom. The average molecular weight is 316 g/mol. The van der Waals surface area contributed by atoms with Crippen molar-refractivity contribution in [2.45, 2.75) is 30.0 Å². The van der Waals surface area contributed by atoms with Crippen LogP contribution in [-0.4, -0.2) is 19.0 Å². The highest BCUT2D eigenvalue weighted by Crippen LogP contribution is 2.32. The van der Waals surface area contributed by atoms with Crippen LogP contribution < -0.4 is 0 Å². The van der Waals surface area contributed by atoms with Crippen molar-refractivity contribution in [3.8, 4) is 0 Å². The van der Waals surface area contributed by atoms with Crippen LogP contribution in [0.4, 0.5) is 0 Å². The Balaban J connectivity index is 2.52. The number of sulfonamides is 1. The molecule has 0 spiro atoms. The van der Waals surface area contributed by atoms with Crippen LogP contribution in [0.1, 0.15) is 25.8 Å². The summed E-state index contributed by atoms with van der Waals surface area (Å²) >= 11 is 3.57. The lowest BCUT2D eigenvalue weighted by atomic mass is 9.94. The molecule has 0 aromatic heterocycles. The first kappa shape index (κ1) is 12.8. The van der Waals surface area contributed by atoms with Gasteiger partial charge in [-0.1, -0.05) is 48.0 Å². The molecule has 0 N–H and O–H groups in total. The van der Waals surface area contributed by atoms with Crippen molar-refractivity contribution >= 4 is 31.7 Å². The largest absolute Gasteiger partial charge is 0.283 e. The van der Waals surface area contributed by atoms with Gasteiger partial charge in [0.2, 0.25) is 0 Å². The molecule has 0 radical (unpaired) electrons. The van der Waals surface area contributed by atoms with Gasteiger partial charge in [-0.25, -0.2) is 0 Å². The van der Waals surface area contributed by atoms with Gasteiger partial charge in [0.05, 0.1) is 10.6 Å². The molecule has 1 aromatic carbocycles. The van der Waals surface area contributed by atoms with E-state index < -0.39 is 10.0 Å². The Bertz CT molecular complexity index is 566. The first-order valence-electron chi connectivity index (χ1n) is 5.55. The number of fused-ring (bicyclic) bond motifs is 1. The molecule has 3 nitrogen and oxygen atoms in total. The maximum atomic E-state index is 11.9. The van der Waals surface area contributed by atoms with Crippen molar-refractivity contribution in [1.82, 2.24) is 0 Å². The monoisotopic (exact) mass is 315 g/mol. The maximum Gasteiger partial charge on any atom is 0.283 e. The van der Waals surface area contributed by atoms with Crippen molar-refractivity contribution in [2.24, 2.45) is 10.3 Å². The predicted molar refractivity (Wildman–Crippen MR) is 72.3 cm³/mol. The summed E-state index contributed by atoms with van der Waals surface area (Å²) in [7, 11) is -3.47. The molecule has 0 bridgehead atoms. The molecule has 0 saturated heterocycles. The topological polar surface area (TPSA) is 46.5 Å². The van der Waals surface area contributed by atoms with E-state index in [-0.39, 0.29) is 10.7 Å². The summed E-state index contributed by atoms with van der Waals surface area (Å²) in [5.74, 6) is 0.0819. The van der Waals surface area contributed by atoms with Crippen LogP contribution >= 0.6 is 15.9 Å². The first-order valence-corrected chi connectivity index (χ1v) is 7.91. The molecule has 0 aliphatic carbocycles. The third-order valence-corrected chi connectivity index (χ3v) is 5.81. The van der Waals surface area contributed by atoms with Crippen molar-refractivity contribution in [1.29, 1.82) is 0 Å². The van der Waals surface area contributed by atoms with Gasteiger partial charge in [0.1, 0.15) is 0 Å². The van der Waals surface area contributed by atoms with Gasteiger partial charge in [-0.3, -0.25) is 0 Å². The Hall–Kier alpha value is -0.680. The van der Waals surface area contributed by atoms with Gasteiger partial charge in [0, 0.05) is 16.3 Å². The van der Waals surface area contributed by atoms with Gasteiger partial charge in [-0.15, -0.1) is 0 Å². The molecule has 0 fully saturated rings. The summed E-state index contributed by atoms with van der Waals surface area (Å²) in [6.45, 7) is 4.06. The molecule has 1 aliphatic heterocycles. The Morgan fingerprint density at radius 3 is 2.65 bits per heavy atom. The molecule has 92 valence electrons. The molecule has 2 rings (SSSR count). The third-order valence-electron chi connectivity index (χ3n) is 3.02. The number of halogens is 1. The van der Waals surface area contributed by atoms with Crippen LogP contribution in [-0.2, 0) is 10.0 Å². The van der Waals surface area contributed by atoms with Gasteiger partial charge in [-0.2, -0.15) is 12.8 Å². The molecular formula is C12H14BrNO2S. The minimum atomic E-state index is -3.47. The number of rotatable bonds is 3. The van der Waals surface area contributed by atoms with Gasteiger partial charge >= 0.3 is 0 Å². The zero-order valence-electron chi connectivity index (χ0n) is 9.72. The SMILES string of the molecule is CCC(Br)C(C)C1=NS(=O)(=O)c2ccccc21. The lowest BCUT2D eigenvalue weighted by Gasteiger charge is -2.16. The quantitative estimate of drug-likeness (QED) is 0.805. The van der Waals surface area contributed by atoms with E-state index in [2.05, 4.69) is 27.3 Å². The smallest absolute Gasteiger partial charge is 0.199 e. The summed E-state index contributed by atoms with van der Waals surface area (Å²) in [4.78, 5) is 0.570. The standard InChI is InChI=1S/C12H14BrNO2S/c1-3-10(13)8(2)12-9-6-4-5-7-11(9)17(15,16)14-12/h4-8,10H,3H2,1-2H3. The van der Waals surface area contributed by atoms with Crippen LogP contribution in [0.15, 0.2) is 33.6 Å². The minimum absolute atomic E-state index is 0.0819. The zero-order chi connectivity index (χ0) is 12.6. The number of hydrogen-bond donors (Lipinski definition) is 0. The van der Waals surface area contributed by atoms with Crippen molar-refractivity contribution < 1.29 is 8.42 Å². The van der Waals surface area contributed by atoms with E-state index in [0.717, 1.165) is 12.0 Å². The number of hydrogen-bond acceptors (Lipinski definition) is 2. The van der Waals surface area contributed by atoms with Gasteiger partial charge in [0.25, 0.3) is 10.0 Å². The molecule has 0 amide bonds.